The molecule has 2 aromatic rings. The summed E-state index contributed by atoms with van der Waals surface area (Å²) in [6, 6.07) is 12.6. The van der Waals surface area contributed by atoms with Crippen LogP contribution >= 0.6 is 0 Å². The molecular weight excluding hydrogens is 410 g/mol. The van der Waals surface area contributed by atoms with E-state index in [9.17, 15) is 9.90 Å². The molecule has 0 aromatic heterocycles. The van der Waals surface area contributed by atoms with E-state index in [1.54, 1.807) is 0 Å². The summed E-state index contributed by atoms with van der Waals surface area (Å²) in [6.07, 6.45) is 8.54. The summed E-state index contributed by atoms with van der Waals surface area (Å²) >= 11 is 0. The highest BCUT2D eigenvalue weighted by atomic mass is 16.5. The van der Waals surface area contributed by atoms with E-state index in [4.69, 9.17) is 4.74 Å². The van der Waals surface area contributed by atoms with Gasteiger partial charge in [0.05, 0.1) is 6.10 Å². The SMILES string of the molecule is CC(C)(C)[C@H]1CC[C@H](Oc2ccc3cc(CN4CC5CCCC5[C@H]4C(=O)O)ccc3c2)CC1. The second-order valence-electron chi connectivity index (χ2n) is 11.9. The van der Waals surface area contributed by atoms with Crippen LogP contribution in [0.25, 0.3) is 10.8 Å². The highest BCUT2D eigenvalue weighted by molar-refractivity contribution is 5.84. The largest absolute Gasteiger partial charge is 0.490 e. The molecule has 1 saturated heterocycles. The van der Waals surface area contributed by atoms with Crippen molar-refractivity contribution in [1.82, 2.24) is 4.90 Å². The molecular formula is C29H39NO3. The zero-order valence-electron chi connectivity index (χ0n) is 20.4. The van der Waals surface area contributed by atoms with Crippen molar-refractivity contribution < 1.29 is 14.6 Å². The average Bonchev–Trinajstić information content (AvgIpc) is 3.34. The molecule has 178 valence electrons. The summed E-state index contributed by atoms with van der Waals surface area (Å²) in [6.45, 7) is 8.70. The fourth-order valence-corrected chi connectivity index (χ4v) is 6.81. The third kappa shape index (κ3) is 4.77. The standard InChI is InChI=1S/C29H39NO3/c1-29(2,3)23-10-13-24(14-11-23)33-25-12-9-20-15-19(7-8-21(20)16-25)17-30-18-22-5-4-6-26(22)27(30)28(31)32/h7-9,12,15-16,22-24,26-27H,4-6,10-11,13-14,17-18H2,1-3H3,(H,31,32)/t22?,23-,24-,26?,27-/m0/s1. The first-order valence-corrected chi connectivity index (χ1v) is 12.9. The topological polar surface area (TPSA) is 49.8 Å². The van der Waals surface area contributed by atoms with Crippen molar-refractivity contribution in [2.24, 2.45) is 23.2 Å². The molecule has 2 aromatic carbocycles. The number of hydrogen-bond acceptors (Lipinski definition) is 3. The normalized spacial score (nSPS) is 30.5. The van der Waals surface area contributed by atoms with Gasteiger partial charge in [-0.2, -0.15) is 0 Å². The quantitative estimate of drug-likeness (QED) is 0.565. The molecule has 2 aliphatic carbocycles. The minimum atomic E-state index is -0.650. The second-order valence-corrected chi connectivity index (χ2v) is 11.9. The second kappa shape index (κ2) is 8.94. The van der Waals surface area contributed by atoms with E-state index in [1.165, 1.54) is 42.0 Å². The Morgan fingerprint density at radius 3 is 2.45 bits per heavy atom. The third-order valence-electron chi connectivity index (χ3n) is 8.70. The maximum absolute atomic E-state index is 12.0. The fourth-order valence-electron chi connectivity index (χ4n) is 6.81. The molecule has 3 atom stereocenters. The first-order valence-electron chi connectivity index (χ1n) is 12.9. The van der Waals surface area contributed by atoms with Crippen LogP contribution in [0.3, 0.4) is 0 Å². The first-order chi connectivity index (χ1) is 15.8. The molecule has 33 heavy (non-hydrogen) atoms. The lowest BCUT2D eigenvalue weighted by Crippen LogP contribution is -2.39. The molecule has 5 rings (SSSR count). The van der Waals surface area contributed by atoms with Crippen LogP contribution in [0.4, 0.5) is 0 Å². The molecule has 1 N–H and O–H groups in total. The third-order valence-corrected chi connectivity index (χ3v) is 8.70. The van der Waals surface area contributed by atoms with Crippen LogP contribution in [-0.4, -0.2) is 34.7 Å². The maximum Gasteiger partial charge on any atom is 0.321 e. The van der Waals surface area contributed by atoms with Gasteiger partial charge in [-0.25, -0.2) is 0 Å². The smallest absolute Gasteiger partial charge is 0.321 e. The average molecular weight is 450 g/mol. The van der Waals surface area contributed by atoms with Gasteiger partial charge in [-0.15, -0.1) is 0 Å². The molecule has 4 nitrogen and oxygen atoms in total. The van der Waals surface area contributed by atoms with Gasteiger partial charge in [0.15, 0.2) is 0 Å². The number of rotatable bonds is 5. The number of nitrogens with zero attached hydrogens (tertiary/aromatic N) is 1. The molecule has 3 aliphatic rings. The molecule has 3 fully saturated rings. The lowest BCUT2D eigenvalue weighted by atomic mass is 9.72. The van der Waals surface area contributed by atoms with Gasteiger partial charge in [-0.1, -0.05) is 45.4 Å². The Balaban J connectivity index is 1.24. The summed E-state index contributed by atoms with van der Waals surface area (Å²) < 4.78 is 6.37. The van der Waals surface area contributed by atoms with Gasteiger partial charge in [-0.3, -0.25) is 9.69 Å². The summed E-state index contributed by atoms with van der Waals surface area (Å²) in [5, 5.41) is 12.2. The Bertz CT molecular complexity index is 1000. The number of hydrogen-bond donors (Lipinski definition) is 1. The lowest BCUT2D eigenvalue weighted by molar-refractivity contribution is -0.143. The Morgan fingerprint density at radius 1 is 1.00 bits per heavy atom. The zero-order valence-corrected chi connectivity index (χ0v) is 20.4. The Hall–Kier alpha value is -2.07. The van der Waals surface area contributed by atoms with Crippen LogP contribution in [0.1, 0.15) is 71.3 Å². The van der Waals surface area contributed by atoms with E-state index in [0.29, 0.717) is 23.4 Å². The number of ether oxygens (including phenoxy) is 1. The van der Waals surface area contributed by atoms with Gasteiger partial charge in [0.1, 0.15) is 11.8 Å². The van der Waals surface area contributed by atoms with Gasteiger partial charge in [0.25, 0.3) is 0 Å². The molecule has 0 bridgehead atoms. The number of carbonyl (C=O) groups is 1. The van der Waals surface area contributed by atoms with Gasteiger partial charge in [0.2, 0.25) is 0 Å². The fraction of sp³-hybridized carbons (Fsp3) is 0.621. The van der Waals surface area contributed by atoms with Gasteiger partial charge >= 0.3 is 5.97 Å². The lowest BCUT2D eigenvalue weighted by Gasteiger charge is -2.37. The van der Waals surface area contributed by atoms with Gasteiger partial charge < -0.3 is 9.84 Å². The predicted octanol–water partition coefficient (Wildman–Crippen LogP) is 6.51. The number of carboxylic acids is 1. The van der Waals surface area contributed by atoms with Crippen LogP contribution in [0.2, 0.25) is 0 Å². The van der Waals surface area contributed by atoms with Crippen molar-refractivity contribution in [3.05, 3.63) is 42.0 Å². The van der Waals surface area contributed by atoms with Crippen molar-refractivity contribution in [2.45, 2.75) is 84.4 Å². The number of aliphatic carboxylic acids is 1. The van der Waals surface area contributed by atoms with Gasteiger partial charge in [0, 0.05) is 13.1 Å². The molecule has 4 heteroatoms. The monoisotopic (exact) mass is 449 g/mol. The summed E-state index contributed by atoms with van der Waals surface area (Å²) in [7, 11) is 0. The van der Waals surface area contributed by atoms with Crippen LogP contribution in [-0.2, 0) is 11.3 Å². The first kappa shape index (κ1) is 22.7. The Labute approximate surface area is 198 Å². The minimum Gasteiger partial charge on any atom is -0.490 e. The number of carboxylic acid groups (broad SMARTS) is 1. The zero-order chi connectivity index (χ0) is 23.2. The molecule has 1 aliphatic heterocycles. The van der Waals surface area contributed by atoms with Crippen LogP contribution in [0.5, 0.6) is 5.75 Å². The van der Waals surface area contributed by atoms with Crippen molar-refractivity contribution in [2.75, 3.05) is 6.54 Å². The summed E-state index contributed by atoms with van der Waals surface area (Å²) in [5.74, 6) is 2.01. The van der Waals surface area contributed by atoms with Crippen LogP contribution in [0.15, 0.2) is 36.4 Å². The summed E-state index contributed by atoms with van der Waals surface area (Å²) in [5.41, 5.74) is 1.59. The van der Waals surface area contributed by atoms with E-state index < -0.39 is 5.97 Å². The maximum atomic E-state index is 12.0. The van der Waals surface area contributed by atoms with E-state index in [-0.39, 0.29) is 6.04 Å². The Morgan fingerprint density at radius 2 is 1.73 bits per heavy atom. The van der Waals surface area contributed by atoms with E-state index >= 15 is 0 Å². The van der Waals surface area contributed by atoms with Crippen molar-refractivity contribution in [3.63, 3.8) is 0 Å². The van der Waals surface area contributed by atoms with Gasteiger partial charge in [-0.05, 0) is 96.2 Å². The predicted molar refractivity (Wildman–Crippen MR) is 132 cm³/mol. The molecule has 2 saturated carbocycles. The van der Waals surface area contributed by atoms with Crippen LogP contribution in [0, 0.1) is 23.2 Å². The molecule has 0 radical (unpaired) electrons. The van der Waals surface area contributed by atoms with E-state index in [0.717, 1.165) is 44.0 Å². The Kier molecular flexibility index (Phi) is 6.15. The number of fused-ring (bicyclic) bond motifs is 2. The van der Waals surface area contributed by atoms with Crippen molar-refractivity contribution in [1.29, 1.82) is 0 Å². The van der Waals surface area contributed by atoms with Crippen molar-refractivity contribution >= 4 is 16.7 Å². The van der Waals surface area contributed by atoms with Crippen LogP contribution < -0.4 is 4.74 Å². The summed E-state index contributed by atoms with van der Waals surface area (Å²) in [4.78, 5) is 14.2. The van der Waals surface area contributed by atoms with E-state index in [2.05, 4.69) is 62.1 Å². The number of likely N-dealkylation sites (tertiary alicyclic amines) is 1. The molecule has 0 amide bonds. The highest BCUT2D eigenvalue weighted by Gasteiger charge is 2.47. The number of benzene rings is 2. The van der Waals surface area contributed by atoms with Crippen molar-refractivity contribution in [3.8, 4) is 5.75 Å². The molecule has 0 spiro atoms. The van der Waals surface area contributed by atoms with E-state index in [1.807, 2.05) is 0 Å². The minimum absolute atomic E-state index is 0.322. The molecule has 2 unspecified atom stereocenters. The highest BCUT2D eigenvalue weighted by Crippen LogP contribution is 2.43. The molecule has 1 heterocycles.